The molecule has 38 heavy (non-hydrogen) atoms. The highest BCUT2D eigenvalue weighted by atomic mass is 32.2. The molecule has 0 radical (unpaired) electrons. The van der Waals surface area contributed by atoms with Crippen LogP contribution < -0.4 is 15.0 Å². The minimum Gasteiger partial charge on any atom is -0.748 e. The smallest absolute Gasteiger partial charge is 0.318 e. The Morgan fingerprint density at radius 2 is 1.68 bits per heavy atom. The Hall–Kier alpha value is -2.69. The number of carbonyl (C=O) groups is 1. The molecular weight excluding hydrogens is 509 g/mol. The molecular formula is C28H42FN3O5S. The van der Waals surface area contributed by atoms with E-state index in [1.54, 1.807) is 19.1 Å². The number of piperidine rings is 1. The van der Waals surface area contributed by atoms with E-state index in [0.717, 1.165) is 42.8 Å². The molecule has 0 aromatic heterocycles. The lowest BCUT2D eigenvalue weighted by Gasteiger charge is -2.36. The fourth-order valence-electron chi connectivity index (χ4n) is 4.06. The molecule has 3 rings (SSSR count). The van der Waals surface area contributed by atoms with Crippen LogP contribution in [0.15, 0.2) is 48.5 Å². The monoisotopic (exact) mass is 551 g/mol. The van der Waals surface area contributed by atoms with E-state index in [2.05, 4.69) is 26.2 Å². The van der Waals surface area contributed by atoms with Gasteiger partial charge in [0.15, 0.2) is 0 Å². The quantitative estimate of drug-likeness (QED) is 0.442. The van der Waals surface area contributed by atoms with E-state index < -0.39 is 10.1 Å². The Morgan fingerprint density at radius 1 is 1.11 bits per heavy atom. The molecule has 0 bridgehead atoms. The topological polar surface area (TPSA) is 103 Å². The van der Waals surface area contributed by atoms with Gasteiger partial charge >= 0.3 is 6.03 Å². The predicted molar refractivity (Wildman–Crippen MR) is 145 cm³/mol. The molecule has 0 atom stereocenters. The maximum Gasteiger partial charge on any atom is 0.318 e. The molecule has 0 saturated carbocycles. The summed E-state index contributed by atoms with van der Waals surface area (Å²) in [5.74, 6) is 0.818. The van der Waals surface area contributed by atoms with Gasteiger partial charge in [0.1, 0.15) is 11.6 Å². The maximum absolute atomic E-state index is 13.3. The third-order valence-corrected chi connectivity index (χ3v) is 7.09. The average Bonchev–Trinajstić information content (AvgIpc) is 2.86. The molecule has 0 unspecified atom stereocenters. The van der Waals surface area contributed by atoms with Gasteiger partial charge in [-0.25, -0.2) is 17.6 Å². The van der Waals surface area contributed by atoms with Crippen molar-refractivity contribution >= 4 is 16.1 Å². The normalized spacial score (nSPS) is 17.3. The lowest BCUT2D eigenvalue weighted by atomic mass is 10.0. The lowest BCUT2D eigenvalue weighted by molar-refractivity contribution is -0.885. The minimum atomic E-state index is -3.92. The van der Waals surface area contributed by atoms with Gasteiger partial charge in [-0.15, -0.1) is 0 Å². The van der Waals surface area contributed by atoms with Crippen molar-refractivity contribution < 1.29 is 31.8 Å². The van der Waals surface area contributed by atoms with Gasteiger partial charge in [0.05, 0.1) is 36.9 Å². The lowest BCUT2D eigenvalue weighted by Crippen LogP contribution is -3.10. The van der Waals surface area contributed by atoms with Gasteiger partial charge in [-0.3, -0.25) is 0 Å². The summed E-state index contributed by atoms with van der Waals surface area (Å²) in [6.07, 6.45) is 2.36. The van der Waals surface area contributed by atoms with Crippen molar-refractivity contribution in [3.63, 3.8) is 0 Å². The molecule has 1 aliphatic heterocycles. The van der Waals surface area contributed by atoms with Gasteiger partial charge < -0.3 is 24.4 Å². The summed E-state index contributed by atoms with van der Waals surface area (Å²) in [5, 5.41) is 3.07. The van der Waals surface area contributed by atoms with Crippen molar-refractivity contribution in [2.45, 2.75) is 59.2 Å². The molecule has 8 nitrogen and oxygen atoms in total. The summed E-state index contributed by atoms with van der Waals surface area (Å²) < 4.78 is 48.1. The molecule has 1 aliphatic rings. The van der Waals surface area contributed by atoms with E-state index in [4.69, 9.17) is 4.74 Å². The minimum absolute atomic E-state index is 0.0750. The number of nitrogens with one attached hydrogen (secondary N) is 2. The molecule has 2 aromatic rings. The van der Waals surface area contributed by atoms with Gasteiger partial charge in [0.2, 0.25) is 0 Å². The summed E-state index contributed by atoms with van der Waals surface area (Å²) in [6.45, 7) is 9.62. The number of benzene rings is 2. The second-order valence-corrected chi connectivity index (χ2v) is 11.7. The van der Waals surface area contributed by atoms with Crippen LogP contribution >= 0.6 is 0 Å². The Morgan fingerprint density at radius 3 is 2.18 bits per heavy atom. The number of amides is 2. The maximum atomic E-state index is 13.3. The number of hydrogen-bond acceptors (Lipinski definition) is 5. The number of nitrogens with zero attached hydrogens (tertiary/aromatic N) is 1. The van der Waals surface area contributed by atoms with E-state index in [0.29, 0.717) is 32.0 Å². The number of urea groups is 1. The van der Waals surface area contributed by atoms with Crippen molar-refractivity contribution in [1.82, 2.24) is 10.2 Å². The molecule has 212 valence electrons. The van der Waals surface area contributed by atoms with E-state index in [-0.39, 0.29) is 23.6 Å². The van der Waals surface area contributed by atoms with E-state index in [9.17, 15) is 22.2 Å². The number of carbonyl (C=O) groups excluding carboxylic acids is 1. The van der Waals surface area contributed by atoms with Crippen LogP contribution in [0.4, 0.5) is 9.18 Å². The Labute approximate surface area is 226 Å². The standard InChI is InChI=1S/C25H34FN3O2.C3H8O3S/c1-19(2)18-31-24-10-6-20(7-11-24)16-27-25(30)29(23-12-14-28(3)15-13-23)17-21-4-8-22(26)9-5-21;1-2-3-7(4,5)6/h4-11,19,23H,12-18H2,1-3H3,(H,27,30);2-3H2,1H3,(H,4,5,6). The molecule has 2 amide bonds. The fraction of sp³-hybridized carbons (Fsp3) is 0.536. The van der Waals surface area contributed by atoms with Crippen molar-refractivity contribution in [1.29, 1.82) is 0 Å². The van der Waals surface area contributed by atoms with Crippen LogP contribution in [0, 0.1) is 11.7 Å². The first-order valence-electron chi connectivity index (χ1n) is 13.2. The van der Waals surface area contributed by atoms with E-state index in [1.807, 2.05) is 29.2 Å². The first-order chi connectivity index (χ1) is 18.0. The molecule has 1 fully saturated rings. The van der Waals surface area contributed by atoms with Crippen molar-refractivity contribution in [2.24, 2.45) is 5.92 Å². The summed E-state index contributed by atoms with van der Waals surface area (Å²) >= 11 is 0. The summed E-state index contributed by atoms with van der Waals surface area (Å²) in [7, 11) is -1.73. The SMILES string of the molecule is CC(C)COc1ccc(CNC(=O)N(Cc2ccc(F)cc2)C2CC[NH+](C)CC2)cc1.CCCS(=O)(=O)[O-]. The van der Waals surface area contributed by atoms with Crippen LogP contribution in [-0.2, 0) is 23.2 Å². The predicted octanol–water partition coefficient (Wildman–Crippen LogP) is 3.19. The number of halogens is 1. The Kier molecular flexibility index (Phi) is 13.0. The summed E-state index contributed by atoms with van der Waals surface area (Å²) in [4.78, 5) is 16.5. The van der Waals surface area contributed by atoms with Crippen LogP contribution in [0.5, 0.6) is 5.75 Å². The molecule has 2 aromatic carbocycles. The van der Waals surface area contributed by atoms with Crippen LogP contribution in [0.3, 0.4) is 0 Å². The van der Waals surface area contributed by atoms with Gasteiger partial charge in [0.25, 0.3) is 0 Å². The summed E-state index contributed by atoms with van der Waals surface area (Å²) in [5.41, 5.74) is 1.97. The number of quaternary nitrogens is 1. The highest BCUT2D eigenvalue weighted by Crippen LogP contribution is 2.17. The zero-order valence-corrected chi connectivity index (χ0v) is 23.7. The molecule has 0 aliphatic carbocycles. The van der Waals surface area contributed by atoms with Crippen molar-refractivity contribution in [2.75, 3.05) is 32.5 Å². The zero-order valence-electron chi connectivity index (χ0n) is 22.9. The zero-order chi connectivity index (χ0) is 28.1. The molecule has 2 N–H and O–H groups in total. The summed E-state index contributed by atoms with van der Waals surface area (Å²) in [6, 6.07) is 14.4. The number of hydrogen-bond donors (Lipinski definition) is 2. The van der Waals surface area contributed by atoms with Crippen LogP contribution in [-0.4, -0.2) is 62.4 Å². The van der Waals surface area contributed by atoms with Crippen LogP contribution in [0.25, 0.3) is 0 Å². The van der Waals surface area contributed by atoms with Gasteiger partial charge in [-0.2, -0.15) is 0 Å². The second kappa shape index (κ2) is 15.7. The third-order valence-electron chi connectivity index (χ3n) is 6.18. The molecule has 0 spiro atoms. The molecule has 10 heteroatoms. The fourth-order valence-corrected chi connectivity index (χ4v) is 4.56. The Balaban J connectivity index is 0.000000638. The number of likely N-dealkylation sites (tertiary alicyclic amines) is 1. The molecule has 1 heterocycles. The number of rotatable bonds is 10. The average molecular weight is 552 g/mol. The van der Waals surface area contributed by atoms with Crippen molar-refractivity contribution in [3.8, 4) is 5.75 Å². The van der Waals surface area contributed by atoms with Crippen LogP contribution in [0.1, 0.15) is 51.2 Å². The van der Waals surface area contributed by atoms with Crippen molar-refractivity contribution in [3.05, 3.63) is 65.5 Å². The van der Waals surface area contributed by atoms with Gasteiger partial charge in [-0.05, 0) is 47.7 Å². The Bertz CT molecular complexity index is 1070. The molecule has 1 saturated heterocycles. The first-order valence-corrected chi connectivity index (χ1v) is 14.8. The highest BCUT2D eigenvalue weighted by molar-refractivity contribution is 7.85. The van der Waals surface area contributed by atoms with Crippen LogP contribution in [0.2, 0.25) is 0 Å². The first kappa shape index (κ1) is 31.5. The number of ether oxygens (including phenoxy) is 1. The van der Waals surface area contributed by atoms with Gasteiger partial charge in [-0.1, -0.05) is 45.0 Å². The van der Waals surface area contributed by atoms with Gasteiger partial charge in [0, 0.05) is 37.7 Å². The van der Waals surface area contributed by atoms with E-state index in [1.165, 1.54) is 17.0 Å². The second-order valence-electron chi connectivity index (χ2n) is 10.2. The largest absolute Gasteiger partial charge is 0.748 e. The highest BCUT2D eigenvalue weighted by Gasteiger charge is 2.28. The third kappa shape index (κ3) is 12.2. The van der Waals surface area contributed by atoms with E-state index >= 15 is 0 Å².